The molecule has 1 aliphatic rings. The number of aliphatic carboxylic acids is 1. The number of rotatable bonds is 4. The van der Waals surface area contributed by atoms with Crippen molar-refractivity contribution in [1.29, 1.82) is 0 Å². The zero-order valence-corrected chi connectivity index (χ0v) is 15.2. The minimum absolute atomic E-state index is 0.0323. The summed E-state index contributed by atoms with van der Waals surface area (Å²) in [6.45, 7) is 7.59. The van der Waals surface area contributed by atoms with Gasteiger partial charge in [0.05, 0.1) is 5.92 Å². The second-order valence-electron chi connectivity index (χ2n) is 6.53. The average molecular weight is 336 g/mol. The van der Waals surface area contributed by atoms with E-state index in [1.807, 2.05) is 32.9 Å². The third-order valence-corrected chi connectivity index (χ3v) is 5.05. The zero-order chi connectivity index (χ0) is 17.8. The molecule has 1 atom stereocenters. The van der Waals surface area contributed by atoms with E-state index in [2.05, 4.69) is 0 Å². The third-order valence-electron chi connectivity index (χ3n) is 5.05. The molecule has 0 aromatic heterocycles. The van der Waals surface area contributed by atoms with Crippen LogP contribution < -0.4 is 0 Å². The molecule has 2 rings (SSSR count). The van der Waals surface area contributed by atoms with Crippen LogP contribution in [0.5, 0.6) is 0 Å². The summed E-state index contributed by atoms with van der Waals surface area (Å²) < 4.78 is 8.06. The molecule has 1 fully saturated rings. The Morgan fingerprint density at radius 1 is 1.09 bits per heavy atom. The monoisotopic (exact) mass is 336 g/mol. The summed E-state index contributed by atoms with van der Waals surface area (Å²) >= 11 is 0. The first-order chi connectivity index (χ1) is 10.8. The van der Waals surface area contributed by atoms with Gasteiger partial charge in [-0.1, -0.05) is 37.5 Å². The lowest BCUT2D eigenvalue weighted by atomic mass is 9.68. The summed E-state index contributed by atoms with van der Waals surface area (Å²) in [5.41, 5.74) is 3.06. The van der Waals surface area contributed by atoms with Gasteiger partial charge in [0, 0.05) is 11.0 Å². The maximum Gasteiger partial charge on any atom is 0.307 e. The maximum absolute atomic E-state index is 13.2. The van der Waals surface area contributed by atoms with Gasteiger partial charge in [-0.15, -0.1) is 0 Å². The summed E-state index contributed by atoms with van der Waals surface area (Å²) in [5, 5.41) is 9.43. The average Bonchev–Trinajstić information content (AvgIpc) is 2.98. The molecule has 23 heavy (non-hydrogen) atoms. The topological polar surface area (TPSA) is 71.4 Å². The van der Waals surface area contributed by atoms with E-state index in [9.17, 15) is 14.7 Å². The number of aryl methyl sites for hydroxylation is 3. The normalized spacial score (nSPS) is 17.0. The van der Waals surface area contributed by atoms with Crippen LogP contribution in [0.25, 0.3) is 0 Å². The molecular formula is C18H25O4P. The Balaban J connectivity index is 0.00000127. The molecule has 0 spiro atoms. The lowest BCUT2D eigenvalue weighted by Gasteiger charge is -2.32. The molecule has 1 unspecified atom stereocenters. The quantitative estimate of drug-likeness (QED) is 0.647. The van der Waals surface area contributed by atoms with Crippen LogP contribution in [0.15, 0.2) is 12.1 Å². The van der Waals surface area contributed by atoms with Gasteiger partial charge >= 0.3 is 5.97 Å². The number of hydrogen-bond acceptors (Lipinski definition) is 3. The van der Waals surface area contributed by atoms with Gasteiger partial charge in [0.15, 0.2) is 5.78 Å². The van der Waals surface area contributed by atoms with Crippen molar-refractivity contribution in [3.8, 4) is 0 Å². The number of carbonyl (C=O) groups excluding carboxylic acids is 1. The molecule has 0 bridgehead atoms. The minimum atomic E-state index is -0.868. The summed E-state index contributed by atoms with van der Waals surface area (Å²) in [6.07, 6.45) is 3.25. The van der Waals surface area contributed by atoms with Crippen molar-refractivity contribution in [2.24, 2.45) is 11.3 Å². The van der Waals surface area contributed by atoms with Crippen molar-refractivity contribution in [1.82, 2.24) is 0 Å². The zero-order valence-electron chi connectivity index (χ0n) is 14.2. The van der Waals surface area contributed by atoms with Crippen LogP contribution in [0.4, 0.5) is 0 Å². The van der Waals surface area contributed by atoms with E-state index in [0.717, 1.165) is 35.1 Å². The molecule has 5 heteroatoms. The van der Waals surface area contributed by atoms with E-state index in [4.69, 9.17) is 4.57 Å². The van der Waals surface area contributed by atoms with Crippen LogP contribution in [-0.4, -0.2) is 16.9 Å². The predicted molar refractivity (Wildman–Crippen MR) is 91.7 cm³/mol. The standard InChI is InChI=1S/C18H24O3.HOP/c1-11-9-12(2)15(13(3)10-11)16(19)18(7-5-6-8-18)14(4)17(20)21;1-2/h9-10,14H,5-8H2,1-4H3,(H,20,21);2H. The van der Waals surface area contributed by atoms with Gasteiger partial charge in [0.1, 0.15) is 9.12 Å². The van der Waals surface area contributed by atoms with E-state index in [1.54, 1.807) is 16.0 Å². The summed E-state index contributed by atoms with van der Waals surface area (Å²) in [6, 6.07) is 4.02. The van der Waals surface area contributed by atoms with E-state index in [1.165, 1.54) is 0 Å². The van der Waals surface area contributed by atoms with Crippen molar-refractivity contribution >= 4 is 20.9 Å². The van der Waals surface area contributed by atoms with Crippen LogP contribution in [-0.2, 0) is 9.36 Å². The molecular weight excluding hydrogens is 311 g/mol. The number of ketones is 1. The second kappa shape index (κ2) is 7.83. The molecule has 0 amide bonds. The highest BCUT2D eigenvalue weighted by Gasteiger charge is 2.49. The Bertz CT molecular complexity index is 580. The van der Waals surface area contributed by atoms with E-state index >= 15 is 0 Å². The Kier molecular flexibility index (Phi) is 6.64. The largest absolute Gasteiger partial charge is 0.481 e. The fourth-order valence-corrected chi connectivity index (χ4v) is 3.89. The number of Topliss-reactive ketones (excluding diaryl/α,β-unsaturated/α-hetero) is 1. The highest BCUT2D eigenvalue weighted by molar-refractivity contribution is 7.00. The van der Waals surface area contributed by atoms with Gasteiger partial charge < -0.3 is 5.11 Å². The Labute approximate surface area is 139 Å². The van der Waals surface area contributed by atoms with Crippen molar-refractivity contribution in [2.75, 3.05) is 0 Å². The first kappa shape index (κ1) is 19.5. The molecule has 1 aromatic rings. The Morgan fingerprint density at radius 2 is 1.52 bits per heavy atom. The van der Waals surface area contributed by atoms with Crippen molar-refractivity contribution in [3.05, 3.63) is 34.4 Å². The van der Waals surface area contributed by atoms with Gasteiger partial charge in [-0.3, -0.25) is 14.2 Å². The molecule has 1 aromatic carbocycles. The first-order valence-corrected chi connectivity index (χ1v) is 8.26. The number of carboxylic acid groups (broad SMARTS) is 1. The molecule has 4 nitrogen and oxygen atoms in total. The number of carbonyl (C=O) groups is 2. The van der Waals surface area contributed by atoms with Crippen molar-refractivity contribution in [2.45, 2.75) is 53.4 Å². The summed E-state index contributed by atoms with van der Waals surface area (Å²) in [4.78, 5) is 24.7. The van der Waals surface area contributed by atoms with Gasteiger partial charge in [-0.05, 0) is 44.7 Å². The smallest absolute Gasteiger partial charge is 0.307 e. The number of benzene rings is 1. The van der Waals surface area contributed by atoms with Gasteiger partial charge in [0.25, 0.3) is 0 Å². The molecule has 0 heterocycles. The minimum Gasteiger partial charge on any atom is -0.481 e. The highest BCUT2D eigenvalue weighted by Crippen LogP contribution is 2.47. The molecule has 1 N–H and O–H groups in total. The number of hydrogen-bond donors (Lipinski definition) is 1. The van der Waals surface area contributed by atoms with Crippen LogP contribution in [0.3, 0.4) is 0 Å². The third kappa shape index (κ3) is 3.69. The van der Waals surface area contributed by atoms with Gasteiger partial charge in [-0.2, -0.15) is 0 Å². The Hall–Kier alpha value is -1.54. The van der Waals surface area contributed by atoms with E-state index in [-0.39, 0.29) is 5.78 Å². The second-order valence-corrected chi connectivity index (χ2v) is 6.53. The highest BCUT2D eigenvalue weighted by atomic mass is 31.0. The van der Waals surface area contributed by atoms with E-state index in [0.29, 0.717) is 12.8 Å². The summed E-state index contributed by atoms with van der Waals surface area (Å²) in [7, 11) is 1.72. The molecule has 0 radical (unpaired) electrons. The van der Waals surface area contributed by atoms with Crippen molar-refractivity contribution < 1.29 is 19.3 Å². The molecule has 0 saturated heterocycles. The van der Waals surface area contributed by atoms with Crippen LogP contribution in [0.1, 0.15) is 59.7 Å². The first-order valence-electron chi connectivity index (χ1n) is 7.85. The van der Waals surface area contributed by atoms with Crippen LogP contribution in [0, 0.1) is 32.1 Å². The van der Waals surface area contributed by atoms with Gasteiger partial charge in [0.2, 0.25) is 0 Å². The molecule has 1 aliphatic carbocycles. The number of carboxylic acids is 1. The van der Waals surface area contributed by atoms with Crippen LogP contribution in [0.2, 0.25) is 0 Å². The predicted octanol–water partition coefficient (Wildman–Crippen LogP) is 4.55. The Morgan fingerprint density at radius 3 is 1.91 bits per heavy atom. The van der Waals surface area contributed by atoms with Crippen LogP contribution >= 0.6 is 9.12 Å². The SMILES string of the molecule is Cc1cc(C)c(C(=O)C2(C(C)C(=O)O)CCCC2)c(C)c1.O=P. The lowest BCUT2D eigenvalue weighted by Crippen LogP contribution is -2.39. The van der Waals surface area contributed by atoms with Gasteiger partial charge in [-0.25, -0.2) is 0 Å². The fourth-order valence-electron chi connectivity index (χ4n) is 3.89. The molecule has 126 valence electrons. The summed E-state index contributed by atoms with van der Waals surface area (Å²) in [5.74, 6) is -1.47. The van der Waals surface area contributed by atoms with E-state index < -0.39 is 17.3 Å². The fraction of sp³-hybridized carbons (Fsp3) is 0.556. The molecule has 0 aliphatic heterocycles. The molecule has 1 saturated carbocycles. The maximum atomic E-state index is 13.2. The lowest BCUT2D eigenvalue weighted by molar-refractivity contribution is -0.144. The van der Waals surface area contributed by atoms with Crippen molar-refractivity contribution in [3.63, 3.8) is 0 Å².